The van der Waals surface area contributed by atoms with E-state index in [2.05, 4.69) is 53.3 Å². The minimum atomic E-state index is 0.00935. The maximum atomic E-state index is 6.41. The van der Waals surface area contributed by atoms with Crippen LogP contribution in [0, 0.1) is 11.8 Å². The van der Waals surface area contributed by atoms with Gasteiger partial charge < -0.3 is 10.1 Å². The first-order valence-electron chi connectivity index (χ1n) is 8.08. The van der Waals surface area contributed by atoms with Crippen LogP contribution in [-0.4, -0.2) is 19.2 Å². The van der Waals surface area contributed by atoms with Gasteiger partial charge in [0.2, 0.25) is 0 Å². The predicted molar refractivity (Wildman–Crippen MR) is 92.4 cm³/mol. The minimum Gasteiger partial charge on any atom is -0.369 e. The molecular weight excluding hydrogens is 326 g/mol. The first kappa shape index (κ1) is 17.0. The van der Waals surface area contributed by atoms with Crippen LogP contribution in [0.5, 0.6) is 0 Å². The Hall–Kier alpha value is -0.380. The molecule has 0 radical (unpaired) electrons. The number of hydrogen-bond acceptors (Lipinski definition) is 2. The average molecular weight is 354 g/mol. The molecule has 21 heavy (non-hydrogen) atoms. The minimum absolute atomic E-state index is 0.00935. The highest BCUT2D eigenvalue weighted by atomic mass is 79.9. The molecule has 0 saturated heterocycles. The van der Waals surface area contributed by atoms with Crippen LogP contribution in [0.4, 0.5) is 0 Å². The van der Waals surface area contributed by atoms with Gasteiger partial charge in [-0.2, -0.15) is 0 Å². The molecule has 0 aromatic heterocycles. The second-order valence-corrected chi connectivity index (χ2v) is 7.53. The summed E-state index contributed by atoms with van der Waals surface area (Å²) in [4.78, 5) is 0. The zero-order valence-corrected chi connectivity index (χ0v) is 15.1. The van der Waals surface area contributed by atoms with Gasteiger partial charge in [0, 0.05) is 11.0 Å². The van der Waals surface area contributed by atoms with Gasteiger partial charge in [-0.25, -0.2) is 0 Å². The Morgan fingerprint density at radius 2 is 1.95 bits per heavy atom. The Labute approximate surface area is 137 Å². The molecule has 1 N–H and O–H groups in total. The maximum absolute atomic E-state index is 6.41. The molecule has 0 amide bonds. The third-order valence-electron chi connectivity index (χ3n) is 4.87. The SMILES string of the molecule is CNCC1(OCc2ccccc2Br)CCC(C(C)C)CC1. The van der Waals surface area contributed by atoms with Crippen molar-refractivity contribution in [1.82, 2.24) is 5.32 Å². The highest BCUT2D eigenvalue weighted by Gasteiger charge is 2.36. The Morgan fingerprint density at radius 3 is 2.52 bits per heavy atom. The van der Waals surface area contributed by atoms with Crippen molar-refractivity contribution in [3.8, 4) is 0 Å². The summed E-state index contributed by atoms with van der Waals surface area (Å²) in [7, 11) is 2.03. The maximum Gasteiger partial charge on any atom is 0.0810 e. The molecule has 118 valence electrons. The zero-order chi connectivity index (χ0) is 15.3. The van der Waals surface area contributed by atoms with Gasteiger partial charge in [-0.3, -0.25) is 0 Å². The smallest absolute Gasteiger partial charge is 0.0810 e. The summed E-state index contributed by atoms with van der Waals surface area (Å²) in [5.41, 5.74) is 1.24. The summed E-state index contributed by atoms with van der Waals surface area (Å²) in [5.74, 6) is 1.66. The zero-order valence-electron chi connectivity index (χ0n) is 13.5. The first-order valence-corrected chi connectivity index (χ1v) is 8.87. The standard InChI is InChI=1S/C18H28BrNO/c1-14(2)15-8-10-18(11-9-15,13-20-3)21-12-16-6-4-5-7-17(16)19/h4-7,14-15,20H,8-13H2,1-3H3. The lowest BCUT2D eigenvalue weighted by atomic mass is 9.74. The summed E-state index contributed by atoms with van der Waals surface area (Å²) >= 11 is 3.61. The summed E-state index contributed by atoms with van der Waals surface area (Å²) in [6.45, 7) is 6.33. The topological polar surface area (TPSA) is 21.3 Å². The van der Waals surface area contributed by atoms with E-state index in [0.717, 1.165) is 22.9 Å². The quantitative estimate of drug-likeness (QED) is 0.795. The number of rotatable bonds is 6. The van der Waals surface area contributed by atoms with Gasteiger partial charge in [-0.05, 0) is 56.2 Å². The molecule has 0 spiro atoms. The number of ether oxygens (including phenoxy) is 1. The van der Waals surface area contributed by atoms with Crippen molar-refractivity contribution < 1.29 is 4.74 Å². The normalized spacial score (nSPS) is 26.2. The molecule has 1 aliphatic carbocycles. The second-order valence-electron chi connectivity index (χ2n) is 6.67. The van der Waals surface area contributed by atoms with Crippen molar-refractivity contribution in [2.75, 3.05) is 13.6 Å². The van der Waals surface area contributed by atoms with Crippen LogP contribution in [0.1, 0.15) is 45.1 Å². The van der Waals surface area contributed by atoms with Crippen LogP contribution in [0.2, 0.25) is 0 Å². The molecule has 1 aromatic carbocycles. The fraction of sp³-hybridized carbons (Fsp3) is 0.667. The van der Waals surface area contributed by atoms with Crippen molar-refractivity contribution in [3.05, 3.63) is 34.3 Å². The van der Waals surface area contributed by atoms with Crippen LogP contribution in [-0.2, 0) is 11.3 Å². The van der Waals surface area contributed by atoms with Crippen LogP contribution in [0.3, 0.4) is 0 Å². The summed E-state index contributed by atoms with van der Waals surface area (Å²) in [6.07, 6.45) is 4.91. The summed E-state index contributed by atoms with van der Waals surface area (Å²) < 4.78 is 7.55. The number of nitrogens with one attached hydrogen (secondary N) is 1. The highest BCUT2D eigenvalue weighted by molar-refractivity contribution is 9.10. The predicted octanol–water partition coefficient (Wildman–Crippen LogP) is 4.77. The molecule has 1 aromatic rings. The molecular formula is C18H28BrNO. The number of likely N-dealkylation sites (N-methyl/N-ethyl adjacent to an activating group) is 1. The number of hydrogen-bond donors (Lipinski definition) is 1. The largest absolute Gasteiger partial charge is 0.369 e. The third-order valence-corrected chi connectivity index (χ3v) is 5.65. The van der Waals surface area contributed by atoms with Crippen molar-refractivity contribution in [3.63, 3.8) is 0 Å². The molecule has 1 aliphatic rings. The lowest BCUT2D eigenvalue weighted by molar-refractivity contribution is -0.0882. The Morgan fingerprint density at radius 1 is 1.29 bits per heavy atom. The van der Waals surface area contributed by atoms with Gasteiger partial charge in [-0.15, -0.1) is 0 Å². The second kappa shape index (κ2) is 7.75. The van der Waals surface area contributed by atoms with Gasteiger partial charge >= 0.3 is 0 Å². The van der Waals surface area contributed by atoms with Crippen LogP contribution >= 0.6 is 15.9 Å². The molecule has 2 nitrogen and oxygen atoms in total. The fourth-order valence-electron chi connectivity index (χ4n) is 3.37. The fourth-order valence-corrected chi connectivity index (χ4v) is 3.77. The summed E-state index contributed by atoms with van der Waals surface area (Å²) in [6, 6.07) is 8.34. The lowest BCUT2D eigenvalue weighted by Crippen LogP contribution is -2.45. The Kier molecular flexibility index (Phi) is 6.27. The van der Waals surface area contributed by atoms with Crippen LogP contribution in [0.15, 0.2) is 28.7 Å². The van der Waals surface area contributed by atoms with E-state index in [4.69, 9.17) is 4.74 Å². The molecule has 2 rings (SSSR count). The van der Waals surface area contributed by atoms with E-state index in [9.17, 15) is 0 Å². The van der Waals surface area contributed by atoms with Crippen LogP contribution in [0.25, 0.3) is 0 Å². The number of benzene rings is 1. The Bertz CT molecular complexity index is 439. The van der Waals surface area contributed by atoms with E-state index in [1.807, 2.05) is 13.1 Å². The van der Waals surface area contributed by atoms with Crippen molar-refractivity contribution in [1.29, 1.82) is 0 Å². The van der Waals surface area contributed by atoms with E-state index >= 15 is 0 Å². The number of halogens is 1. The first-order chi connectivity index (χ1) is 10.1. The van der Waals surface area contributed by atoms with E-state index < -0.39 is 0 Å². The molecule has 1 fully saturated rings. The third kappa shape index (κ3) is 4.54. The molecule has 0 aliphatic heterocycles. The molecule has 1 saturated carbocycles. The molecule has 3 heteroatoms. The van der Waals surface area contributed by atoms with Gasteiger partial charge in [-0.1, -0.05) is 48.0 Å². The van der Waals surface area contributed by atoms with Gasteiger partial charge in [0.05, 0.1) is 12.2 Å². The van der Waals surface area contributed by atoms with Gasteiger partial charge in [0.1, 0.15) is 0 Å². The Balaban J connectivity index is 1.98. The van der Waals surface area contributed by atoms with Crippen LogP contribution < -0.4 is 5.32 Å². The van der Waals surface area contributed by atoms with Crippen molar-refractivity contribution >= 4 is 15.9 Å². The van der Waals surface area contributed by atoms with Gasteiger partial charge in [0.15, 0.2) is 0 Å². The molecule has 0 heterocycles. The van der Waals surface area contributed by atoms with E-state index in [1.54, 1.807) is 0 Å². The lowest BCUT2D eigenvalue weighted by Gasteiger charge is -2.41. The van der Waals surface area contributed by atoms with Gasteiger partial charge in [0.25, 0.3) is 0 Å². The van der Waals surface area contributed by atoms with E-state index in [1.165, 1.54) is 31.2 Å². The van der Waals surface area contributed by atoms with Crippen molar-refractivity contribution in [2.24, 2.45) is 11.8 Å². The average Bonchev–Trinajstić information content (AvgIpc) is 2.47. The molecule has 0 unspecified atom stereocenters. The monoisotopic (exact) mass is 353 g/mol. The highest BCUT2D eigenvalue weighted by Crippen LogP contribution is 2.38. The van der Waals surface area contributed by atoms with Crippen molar-refractivity contribution in [2.45, 2.75) is 51.7 Å². The summed E-state index contributed by atoms with van der Waals surface area (Å²) in [5, 5.41) is 3.34. The van der Waals surface area contributed by atoms with E-state index in [-0.39, 0.29) is 5.60 Å². The molecule has 0 bridgehead atoms. The van der Waals surface area contributed by atoms with E-state index in [0.29, 0.717) is 6.61 Å². The molecule has 0 atom stereocenters.